The summed E-state index contributed by atoms with van der Waals surface area (Å²) < 4.78 is 11.9. The lowest BCUT2D eigenvalue weighted by Crippen LogP contribution is -2.07. The van der Waals surface area contributed by atoms with Crippen molar-refractivity contribution in [3.8, 4) is 5.88 Å². The Morgan fingerprint density at radius 3 is 3.00 bits per heavy atom. The number of imidazole rings is 1. The first kappa shape index (κ1) is 11.6. The van der Waals surface area contributed by atoms with Crippen LogP contribution in [0, 0.1) is 0 Å². The van der Waals surface area contributed by atoms with Crippen molar-refractivity contribution in [2.24, 2.45) is 0 Å². The minimum absolute atomic E-state index is 0.0346. The Balaban J connectivity index is 2.35. The minimum Gasteiger partial charge on any atom is -0.479 e. The van der Waals surface area contributed by atoms with E-state index in [-0.39, 0.29) is 25.9 Å². The van der Waals surface area contributed by atoms with Gasteiger partial charge in [0.2, 0.25) is 11.8 Å². The Labute approximate surface area is 97.0 Å². The largest absolute Gasteiger partial charge is 0.479 e. The van der Waals surface area contributed by atoms with E-state index >= 15 is 0 Å². The van der Waals surface area contributed by atoms with Gasteiger partial charge in [0.05, 0.1) is 26.7 Å². The van der Waals surface area contributed by atoms with Crippen LogP contribution in [0.3, 0.4) is 0 Å². The van der Waals surface area contributed by atoms with E-state index in [1.54, 1.807) is 10.9 Å². The summed E-state index contributed by atoms with van der Waals surface area (Å²) in [5.41, 5.74) is 6.62. The second-order valence-corrected chi connectivity index (χ2v) is 3.24. The molecule has 8 heteroatoms. The van der Waals surface area contributed by atoms with E-state index in [4.69, 9.17) is 20.3 Å². The number of aromatic nitrogens is 4. The van der Waals surface area contributed by atoms with Gasteiger partial charge in [0.25, 0.3) is 0 Å². The molecule has 0 saturated carbocycles. The van der Waals surface area contributed by atoms with Gasteiger partial charge in [0, 0.05) is 0 Å². The van der Waals surface area contributed by atoms with Gasteiger partial charge in [-0.2, -0.15) is 9.97 Å². The molecule has 0 unspecified atom stereocenters. The molecule has 0 aliphatic carbocycles. The van der Waals surface area contributed by atoms with Crippen LogP contribution >= 0.6 is 0 Å². The zero-order valence-corrected chi connectivity index (χ0v) is 9.33. The molecular weight excluding hydrogens is 226 g/mol. The second kappa shape index (κ2) is 4.93. The number of aliphatic hydroxyl groups is 1. The van der Waals surface area contributed by atoms with Crippen molar-refractivity contribution in [2.45, 2.75) is 6.73 Å². The summed E-state index contributed by atoms with van der Waals surface area (Å²) in [6.07, 6.45) is 1.55. The number of rotatable bonds is 5. The summed E-state index contributed by atoms with van der Waals surface area (Å²) >= 11 is 0. The third-order valence-electron chi connectivity index (χ3n) is 2.11. The summed E-state index contributed by atoms with van der Waals surface area (Å²) in [6, 6.07) is 0. The highest BCUT2D eigenvalue weighted by atomic mass is 16.5. The minimum atomic E-state index is -0.0346. The van der Waals surface area contributed by atoms with Gasteiger partial charge in [-0.05, 0) is 0 Å². The molecule has 2 heterocycles. The Morgan fingerprint density at radius 2 is 2.29 bits per heavy atom. The smallest absolute Gasteiger partial charge is 0.246 e. The first-order chi connectivity index (χ1) is 8.26. The van der Waals surface area contributed by atoms with Crippen LogP contribution in [-0.4, -0.2) is 44.9 Å². The van der Waals surface area contributed by atoms with Gasteiger partial charge in [0.1, 0.15) is 6.73 Å². The highest BCUT2D eigenvalue weighted by Gasteiger charge is 2.12. The highest BCUT2D eigenvalue weighted by Crippen LogP contribution is 2.21. The lowest BCUT2D eigenvalue weighted by molar-refractivity contribution is 0.0499. The van der Waals surface area contributed by atoms with Crippen LogP contribution in [0.15, 0.2) is 6.33 Å². The molecule has 0 bridgehead atoms. The van der Waals surface area contributed by atoms with Crippen LogP contribution in [0.5, 0.6) is 5.88 Å². The van der Waals surface area contributed by atoms with E-state index in [1.807, 2.05) is 0 Å². The van der Waals surface area contributed by atoms with E-state index in [9.17, 15) is 0 Å². The van der Waals surface area contributed by atoms with Crippen LogP contribution in [0.4, 0.5) is 5.95 Å². The zero-order valence-electron chi connectivity index (χ0n) is 9.33. The quantitative estimate of drug-likeness (QED) is 0.669. The van der Waals surface area contributed by atoms with E-state index in [2.05, 4.69) is 15.0 Å². The van der Waals surface area contributed by atoms with Crippen LogP contribution in [0.25, 0.3) is 11.2 Å². The van der Waals surface area contributed by atoms with Crippen LogP contribution in [0.1, 0.15) is 0 Å². The molecule has 0 aliphatic rings. The maximum atomic E-state index is 8.62. The summed E-state index contributed by atoms with van der Waals surface area (Å²) in [6.45, 7) is 0.446. The lowest BCUT2D eigenvalue weighted by Gasteiger charge is -2.05. The van der Waals surface area contributed by atoms with Crippen LogP contribution in [0.2, 0.25) is 0 Å². The maximum Gasteiger partial charge on any atom is 0.246 e. The fourth-order valence-electron chi connectivity index (χ4n) is 1.40. The van der Waals surface area contributed by atoms with Gasteiger partial charge in [-0.1, -0.05) is 0 Å². The topological polar surface area (TPSA) is 108 Å². The molecule has 0 aromatic carbocycles. The molecule has 0 aliphatic heterocycles. The first-order valence-corrected chi connectivity index (χ1v) is 4.97. The fraction of sp³-hybridized carbons (Fsp3) is 0.444. The summed E-state index contributed by atoms with van der Waals surface area (Å²) in [7, 11) is 1.49. The molecule has 0 fully saturated rings. The first-order valence-electron chi connectivity index (χ1n) is 4.97. The number of ether oxygens (including phenoxy) is 2. The summed E-state index contributed by atoms with van der Waals surface area (Å²) in [5.74, 6) is 0.437. The van der Waals surface area contributed by atoms with E-state index in [0.29, 0.717) is 17.0 Å². The van der Waals surface area contributed by atoms with E-state index in [1.165, 1.54) is 7.11 Å². The van der Waals surface area contributed by atoms with Crippen molar-refractivity contribution in [1.29, 1.82) is 0 Å². The normalized spacial score (nSPS) is 10.9. The SMILES string of the molecule is COc1nc(N)nc2c1ncn2COCCO. The summed E-state index contributed by atoms with van der Waals surface area (Å²) in [5, 5.41) is 8.62. The Kier molecular flexibility index (Phi) is 3.35. The van der Waals surface area contributed by atoms with Crippen LogP contribution in [-0.2, 0) is 11.5 Å². The van der Waals surface area contributed by atoms with Crippen molar-refractivity contribution in [1.82, 2.24) is 19.5 Å². The number of methoxy groups -OCH3 is 1. The monoisotopic (exact) mass is 239 g/mol. The molecule has 0 atom stereocenters. The average molecular weight is 239 g/mol. The number of hydrogen-bond acceptors (Lipinski definition) is 7. The van der Waals surface area contributed by atoms with Gasteiger partial charge in [-0.25, -0.2) is 4.98 Å². The standard InChI is InChI=1S/C9H13N5O3/c1-16-8-6-7(12-9(10)13-8)14(4-11-6)5-17-3-2-15/h4,15H,2-3,5H2,1H3,(H2,10,12,13). The van der Waals surface area contributed by atoms with Gasteiger partial charge in [0.15, 0.2) is 11.2 Å². The number of fused-ring (bicyclic) bond motifs is 1. The van der Waals surface area contributed by atoms with Gasteiger partial charge < -0.3 is 20.3 Å². The molecule has 3 N–H and O–H groups in total. The highest BCUT2D eigenvalue weighted by molar-refractivity contribution is 5.77. The Morgan fingerprint density at radius 1 is 1.47 bits per heavy atom. The molecule has 0 amide bonds. The molecular formula is C9H13N5O3. The second-order valence-electron chi connectivity index (χ2n) is 3.24. The molecule has 2 rings (SSSR count). The van der Waals surface area contributed by atoms with Crippen molar-refractivity contribution >= 4 is 17.1 Å². The zero-order chi connectivity index (χ0) is 12.3. The van der Waals surface area contributed by atoms with Gasteiger partial charge in [-0.3, -0.25) is 4.57 Å². The molecule has 0 radical (unpaired) electrons. The number of anilines is 1. The number of nitrogen functional groups attached to an aromatic ring is 1. The molecule has 17 heavy (non-hydrogen) atoms. The van der Waals surface area contributed by atoms with Gasteiger partial charge >= 0.3 is 0 Å². The predicted molar refractivity (Wildman–Crippen MR) is 59.3 cm³/mol. The third-order valence-corrected chi connectivity index (χ3v) is 2.11. The van der Waals surface area contributed by atoms with E-state index in [0.717, 1.165) is 0 Å². The van der Waals surface area contributed by atoms with Crippen molar-refractivity contribution in [3.63, 3.8) is 0 Å². The number of nitrogens with two attached hydrogens (primary N) is 1. The van der Waals surface area contributed by atoms with Crippen LogP contribution < -0.4 is 10.5 Å². The van der Waals surface area contributed by atoms with E-state index < -0.39 is 0 Å². The number of aliphatic hydroxyl groups excluding tert-OH is 1. The summed E-state index contributed by atoms with van der Waals surface area (Å²) in [4.78, 5) is 12.1. The molecule has 0 saturated heterocycles. The number of hydrogen-bond donors (Lipinski definition) is 2. The van der Waals surface area contributed by atoms with Crippen molar-refractivity contribution in [3.05, 3.63) is 6.33 Å². The van der Waals surface area contributed by atoms with Crippen molar-refractivity contribution in [2.75, 3.05) is 26.1 Å². The molecule has 92 valence electrons. The predicted octanol–water partition coefficient (Wildman–Crippen LogP) is -0.617. The third kappa shape index (κ3) is 2.27. The molecule has 2 aromatic rings. The number of nitrogens with zero attached hydrogens (tertiary/aromatic N) is 4. The fourth-order valence-corrected chi connectivity index (χ4v) is 1.40. The molecule has 8 nitrogen and oxygen atoms in total. The lowest BCUT2D eigenvalue weighted by atomic mass is 10.5. The Bertz CT molecular complexity index is 513. The van der Waals surface area contributed by atoms with Crippen molar-refractivity contribution < 1.29 is 14.6 Å². The van der Waals surface area contributed by atoms with Gasteiger partial charge in [-0.15, -0.1) is 0 Å². The average Bonchev–Trinajstić information content (AvgIpc) is 2.72. The Hall–Kier alpha value is -1.93. The molecule has 2 aromatic heterocycles. The maximum absolute atomic E-state index is 8.62. The molecule has 0 spiro atoms.